The van der Waals surface area contributed by atoms with Crippen molar-refractivity contribution in [1.29, 1.82) is 0 Å². The number of nitrogens with zero attached hydrogens (tertiary/aromatic N) is 1. The summed E-state index contributed by atoms with van der Waals surface area (Å²) in [7, 11) is 0. The lowest BCUT2D eigenvalue weighted by atomic mass is 10.1. The van der Waals surface area contributed by atoms with Gasteiger partial charge in [0.15, 0.2) is 5.78 Å². The van der Waals surface area contributed by atoms with Crippen molar-refractivity contribution in [1.82, 2.24) is 10.9 Å². The van der Waals surface area contributed by atoms with E-state index in [0.717, 1.165) is 24.6 Å². The zero-order valence-corrected chi connectivity index (χ0v) is 8.08. The first kappa shape index (κ1) is 9.18. The summed E-state index contributed by atoms with van der Waals surface area (Å²) >= 11 is 0. The molecule has 1 aromatic rings. The van der Waals surface area contributed by atoms with Crippen LogP contribution in [0.15, 0.2) is 24.3 Å². The molecule has 4 nitrogen and oxygen atoms in total. The predicted octanol–water partition coefficient (Wildman–Crippen LogP) is 0.718. The lowest BCUT2D eigenvalue weighted by Gasteiger charge is -2.15. The average Bonchev–Trinajstić information content (AvgIpc) is 2.71. The monoisotopic (exact) mass is 191 g/mol. The number of nitrogens with one attached hydrogen (secondary N) is 2. The first-order valence-electron chi connectivity index (χ1n) is 4.59. The number of hydrazine groups is 1. The minimum absolute atomic E-state index is 0.106. The van der Waals surface area contributed by atoms with Crippen molar-refractivity contribution < 1.29 is 4.79 Å². The standard InChI is InChI=1S/C10H13N3O/c1-8(14)9-2-4-10(5-3-9)13-6-11-12-7-13/h2-5,11-12H,6-7H2,1H3. The number of ketones is 1. The van der Waals surface area contributed by atoms with Gasteiger partial charge in [0.25, 0.3) is 0 Å². The molecule has 0 amide bonds. The van der Waals surface area contributed by atoms with Crippen LogP contribution in [0.25, 0.3) is 0 Å². The van der Waals surface area contributed by atoms with Gasteiger partial charge in [-0.15, -0.1) is 0 Å². The smallest absolute Gasteiger partial charge is 0.159 e. The Balaban J connectivity index is 2.16. The Morgan fingerprint density at radius 3 is 2.29 bits per heavy atom. The molecule has 0 bridgehead atoms. The summed E-state index contributed by atoms with van der Waals surface area (Å²) in [6.45, 7) is 3.16. The molecule has 1 heterocycles. The van der Waals surface area contributed by atoms with E-state index in [1.54, 1.807) is 6.92 Å². The maximum Gasteiger partial charge on any atom is 0.159 e. The van der Waals surface area contributed by atoms with Crippen LogP contribution in [0.2, 0.25) is 0 Å². The van der Waals surface area contributed by atoms with Crippen LogP contribution in [0, 0.1) is 0 Å². The van der Waals surface area contributed by atoms with Crippen molar-refractivity contribution in [3.05, 3.63) is 29.8 Å². The summed E-state index contributed by atoms with van der Waals surface area (Å²) in [6.07, 6.45) is 0. The van der Waals surface area contributed by atoms with E-state index in [1.165, 1.54) is 0 Å². The zero-order valence-electron chi connectivity index (χ0n) is 8.08. The van der Waals surface area contributed by atoms with Crippen molar-refractivity contribution in [2.75, 3.05) is 18.2 Å². The molecule has 0 spiro atoms. The van der Waals surface area contributed by atoms with Gasteiger partial charge in [-0.3, -0.25) is 4.79 Å². The third-order valence-corrected chi connectivity index (χ3v) is 2.30. The molecular formula is C10H13N3O. The Morgan fingerprint density at radius 1 is 1.21 bits per heavy atom. The second-order valence-corrected chi connectivity index (χ2v) is 3.31. The third kappa shape index (κ3) is 1.76. The van der Waals surface area contributed by atoms with Crippen molar-refractivity contribution in [3.8, 4) is 0 Å². The van der Waals surface area contributed by atoms with E-state index in [2.05, 4.69) is 15.8 Å². The van der Waals surface area contributed by atoms with Crippen LogP contribution in [0.5, 0.6) is 0 Å². The molecule has 0 saturated carbocycles. The van der Waals surface area contributed by atoms with Crippen LogP contribution in [0.1, 0.15) is 17.3 Å². The summed E-state index contributed by atoms with van der Waals surface area (Å²) < 4.78 is 0. The van der Waals surface area contributed by atoms with Crippen molar-refractivity contribution in [3.63, 3.8) is 0 Å². The number of benzene rings is 1. The average molecular weight is 191 g/mol. The lowest BCUT2D eigenvalue weighted by molar-refractivity contribution is 0.101. The first-order chi connectivity index (χ1) is 6.77. The Hall–Kier alpha value is -1.39. The normalized spacial score (nSPS) is 15.9. The van der Waals surface area contributed by atoms with Crippen LogP contribution in [-0.2, 0) is 0 Å². The van der Waals surface area contributed by atoms with Crippen LogP contribution in [0.3, 0.4) is 0 Å². The molecule has 14 heavy (non-hydrogen) atoms. The Morgan fingerprint density at radius 2 is 1.79 bits per heavy atom. The fourth-order valence-corrected chi connectivity index (χ4v) is 1.45. The molecule has 1 aliphatic rings. The van der Waals surface area contributed by atoms with E-state index in [0.29, 0.717) is 0 Å². The first-order valence-corrected chi connectivity index (χ1v) is 4.59. The van der Waals surface area contributed by atoms with Gasteiger partial charge in [-0.1, -0.05) is 0 Å². The molecular weight excluding hydrogens is 178 g/mol. The van der Waals surface area contributed by atoms with Gasteiger partial charge >= 0.3 is 0 Å². The third-order valence-electron chi connectivity index (χ3n) is 2.30. The number of anilines is 1. The quantitative estimate of drug-likeness (QED) is 0.676. The van der Waals surface area contributed by atoms with Crippen molar-refractivity contribution >= 4 is 11.5 Å². The van der Waals surface area contributed by atoms with Gasteiger partial charge in [-0.05, 0) is 31.2 Å². The highest BCUT2D eigenvalue weighted by atomic mass is 16.1. The summed E-state index contributed by atoms with van der Waals surface area (Å²) in [5, 5.41) is 0. The predicted molar refractivity (Wildman–Crippen MR) is 54.9 cm³/mol. The second-order valence-electron chi connectivity index (χ2n) is 3.31. The molecule has 74 valence electrons. The summed E-state index contributed by atoms with van der Waals surface area (Å²) in [6, 6.07) is 7.64. The SMILES string of the molecule is CC(=O)c1ccc(N2CNNC2)cc1. The number of hydrogen-bond acceptors (Lipinski definition) is 4. The van der Waals surface area contributed by atoms with Gasteiger partial charge in [0.05, 0.1) is 13.3 Å². The molecule has 4 heteroatoms. The maximum absolute atomic E-state index is 11.0. The maximum atomic E-state index is 11.0. The van der Waals surface area contributed by atoms with E-state index < -0.39 is 0 Å². The highest BCUT2D eigenvalue weighted by molar-refractivity contribution is 5.94. The van der Waals surface area contributed by atoms with E-state index in [-0.39, 0.29) is 5.78 Å². The van der Waals surface area contributed by atoms with Gasteiger partial charge < -0.3 is 4.90 Å². The van der Waals surface area contributed by atoms with Crippen molar-refractivity contribution in [2.24, 2.45) is 0 Å². The molecule has 1 aliphatic heterocycles. The Labute approximate surface area is 82.9 Å². The van der Waals surface area contributed by atoms with E-state index in [4.69, 9.17) is 0 Å². The largest absolute Gasteiger partial charge is 0.344 e. The molecule has 0 atom stereocenters. The molecule has 0 aromatic heterocycles. The van der Waals surface area contributed by atoms with Crippen molar-refractivity contribution in [2.45, 2.75) is 6.92 Å². The highest BCUT2D eigenvalue weighted by Gasteiger charge is 2.10. The number of rotatable bonds is 2. The van der Waals surface area contributed by atoms with Gasteiger partial charge in [-0.25, -0.2) is 10.9 Å². The molecule has 1 aromatic carbocycles. The van der Waals surface area contributed by atoms with Gasteiger partial charge in [0.2, 0.25) is 0 Å². The minimum atomic E-state index is 0.106. The fourth-order valence-electron chi connectivity index (χ4n) is 1.45. The highest BCUT2D eigenvalue weighted by Crippen LogP contribution is 2.15. The molecule has 1 saturated heterocycles. The molecule has 2 N–H and O–H groups in total. The fraction of sp³-hybridized carbons (Fsp3) is 0.300. The zero-order chi connectivity index (χ0) is 9.97. The lowest BCUT2D eigenvalue weighted by Crippen LogP contribution is -2.21. The summed E-state index contributed by atoms with van der Waals surface area (Å²) in [4.78, 5) is 13.2. The van der Waals surface area contributed by atoms with Crippen LogP contribution in [0.4, 0.5) is 5.69 Å². The van der Waals surface area contributed by atoms with Crippen LogP contribution >= 0.6 is 0 Å². The number of carbonyl (C=O) groups excluding carboxylic acids is 1. The number of hydrogen-bond donors (Lipinski definition) is 2. The molecule has 1 fully saturated rings. The Kier molecular flexibility index (Phi) is 2.47. The number of carbonyl (C=O) groups is 1. The van der Waals surface area contributed by atoms with Crippen LogP contribution in [-0.4, -0.2) is 19.1 Å². The Bertz CT molecular complexity index is 328. The molecule has 0 radical (unpaired) electrons. The van der Waals surface area contributed by atoms with Gasteiger partial charge in [0.1, 0.15) is 0 Å². The van der Waals surface area contributed by atoms with E-state index in [9.17, 15) is 4.79 Å². The van der Waals surface area contributed by atoms with Crippen LogP contribution < -0.4 is 15.8 Å². The summed E-state index contributed by atoms with van der Waals surface area (Å²) in [5.41, 5.74) is 7.91. The van der Waals surface area contributed by atoms with Gasteiger partial charge in [-0.2, -0.15) is 0 Å². The summed E-state index contributed by atoms with van der Waals surface area (Å²) in [5.74, 6) is 0.106. The van der Waals surface area contributed by atoms with E-state index >= 15 is 0 Å². The van der Waals surface area contributed by atoms with Gasteiger partial charge in [0, 0.05) is 11.3 Å². The minimum Gasteiger partial charge on any atom is -0.344 e. The second kappa shape index (κ2) is 3.77. The molecule has 2 rings (SSSR count). The van der Waals surface area contributed by atoms with E-state index in [1.807, 2.05) is 24.3 Å². The topological polar surface area (TPSA) is 44.4 Å². The molecule has 0 aliphatic carbocycles. The molecule has 0 unspecified atom stereocenters. The number of Topliss-reactive ketones (excluding diaryl/α,β-unsaturated/α-hetero) is 1.